The van der Waals surface area contributed by atoms with Crippen molar-refractivity contribution in [1.82, 2.24) is 4.31 Å². The quantitative estimate of drug-likeness (QED) is 0.828. The molecule has 0 aliphatic heterocycles. The fourth-order valence-electron chi connectivity index (χ4n) is 1.07. The Bertz CT molecular complexity index is 562. The van der Waals surface area contributed by atoms with Crippen molar-refractivity contribution in [2.45, 2.75) is 0 Å². The van der Waals surface area contributed by atoms with Gasteiger partial charge in [-0.2, -0.15) is 12.7 Å². The first kappa shape index (κ1) is 14.3. The molecule has 100 valence electrons. The summed E-state index contributed by atoms with van der Waals surface area (Å²) in [4.78, 5) is 10.4. The number of nitrogens with zero attached hydrogens (tertiary/aromatic N) is 1. The molecule has 0 bridgehead atoms. The van der Waals surface area contributed by atoms with Crippen LogP contribution >= 0.6 is 0 Å². The van der Waals surface area contributed by atoms with E-state index in [1.54, 1.807) is 4.72 Å². The summed E-state index contributed by atoms with van der Waals surface area (Å²) in [5, 5.41) is 8.44. The summed E-state index contributed by atoms with van der Waals surface area (Å²) >= 11 is 0. The van der Waals surface area contributed by atoms with Crippen molar-refractivity contribution in [3.63, 3.8) is 0 Å². The zero-order valence-electron chi connectivity index (χ0n) is 9.22. The highest BCUT2D eigenvalue weighted by molar-refractivity contribution is 7.90. The van der Waals surface area contributed by atoms with Crippen LogP contribution in [0.25, 0.3) is 0 Å². The molecule has 0 aromatic heterocycles. The average molecular weight is 280 g/mol. The van der Waals surface area contributed by atoms with Gasteiger partial charge in [0.1, 0.15) is 18.2 Å². The molecule has 0 atom stereocenters. The molecule has 0 radical (unpaired) electrons. The summed E-state index contributed by atoms with van der Waals surface area (Å²) < 4.78 is 51.4. The molecule has 1 aromatic rings. The zero-order valence-corrected chi connectivity index (χ0v) is 10.0. The lowest BCUT2D eigenvalue weighted by Gasteiger charge is -2.16. The van der Waals surface area contributed by atoms with Gasteiger partial charge in [0.05, 0.1) is 5.69 Å². The Hall–Kier alpha value is -1.74. The van der Waals surface area contributed by atoms with Crippen LogP contribution in [0.5, 0.6) is 0 Å². The van der Waals surface area contributed by atoms with Gasteiger partial charge in [-0.3, -0.25) is 9.52 Å². The first-order valence-corrected chi connectivity index (χ1v) is 6.07. The fraction of sp³-hybridized carbons (Fsp3) is 0.222. The van der Waals surface area contributed by atoms with Crippen molar-refractivity contribution >= 4 is 21.9 Å². The van der Waals surface area contributed by atoms with E-state index < -0.39 is 40.0 Å². The SMILES string of the molecule is CN(CC(=O)O)S(=O)(=O)Nc1cc(F)ccc1F. The van der Waals surface area contributed by atoms with E-state index in [9.17, 15) is 22.0 Å². The summed E-state index contributed by atoms with van der Waals surface area (Å²) in [5.41, 5.74) is -0.591. The van der Waals surface area contributed by atoms with Crippen LogP contribution in [0.3, 0.4) is 0 Å². The number of hydrogen-bond acceptors (Lipinski definition) is 3. The van der Waals surface area contributed by atoms with E-state index in [2.05, 4.69) is 0 Å². The molecule has 1 rings (SSSR count). The summed E-state index contributed by atoms with van der Waals surface area (Å²) in [6, 6.07) is 2.24. The van der Waals surface area contributed by atoms with Crippen LogP contribution < -0.4 is 4.72 Å². The minimum absolute atomic E-state index is 0.458. The Kier molecular flexibility index (Phi) is 4.19. The van der Waals surface area contributed by atoms with E-state index in [1.807, 2.05) is 0 Å². The molecule has 0 saturated heterocycles. The van der Waals surface area contributed by atoms with Gasteiger partial charge in [0, 0.05) is 13.1 Å². The number of carboxylic acid groups (broad SMARTS) is 1. The van der Waals surface area contributed by atoms with Crippen LogP contribution in [0.2, 0.25) is 0 Å². The van der Waals surface area contributed by atoms with Crippen molar-refractivity contribution < 1.29 is 27.1 Å². The summed E-state index contributed by atoms with van der Waals surface area (Å²) in [5.74, 6) is -3.17. The van der Waals surface area contributed by atoms with Crippen LogP contribution in [0, 0.1) is 11.6 Å². The average Bonchev–Trinajstić information content (AvgIpc) is 2.22. The Morgan fingerprint density at radius 2 is 2.06 bits per heavy atom. The number of anilines is 1. The van der Waals surface area contributed by atoms with Crippen LogP contribution in [0.15, 0.2) is 18.2 Å². The Morgan fingerprint density at radius 1 is 1.44 bits per heavy atom. The molecule has 6 nitrogen and oxygen atoms in total. The van der Waals surface area contributed by atoms with E-state index in [1.165, 1.54) is 0 Å². The number of nitrogens with one attached hydrogen (secondary N) is 1. The molecule has 0 spiro atoms. The van der Waals surface area contributed by atoms with Crippen LogP contribution in [-0.2, 0) is 15.0 Å². The minimum Gasteiger partial charge on any atom is -0.480 e. The molecule has 0 heterocycles. The van der Waals surface area contributed by atoms with E-state index >= 15 is 0 Å². The number of carboxylic acids is 1. The van der Waals surface area contributed by atoms with E-state index in [0.717, 1.165) is 19.2 Å². The van der Waals surface area contributed by atoms with Gasteiger partial charge in [0.2, 0.25) is 0 Å². The van der Waals surface area contributed by atoms with Crippen molar-refractivity contribution in [2.24, 2.45) is 0 Å². The monoisotopic (exact) mass is 280 g/mol. The topological polar surface area (TPSA) is 86.7 Å². The van der Waals surface area contributed by atoms with Gasteiger partial charge >= 0.3 is 16.2 Å². The van der Waals surface area contributed by atoms with Gasteiger partial charge in [0.15, 0.2) is 0 Å². The van der Waals surface area contributed by atoms with Gasteiger partial charge in [-0.1, -0.05) is 0 Å². The molecular formula is C9H10F2N2O4S. The standard InChI is InChI=1S/C9H10F2N2O4S/c1-13(5-9(14)15)18(16,17)12-8-4-6(10)2-3-7(8)11/h2-4,12H,5H2,1H3,(H,14,15). The van der Waals surface area contributed by atoms with Crippen LogP contribution in [0.4, 0.5) is 14.5 Å². The van der Waals surface area contributed by atoms with Gasteiger partial charge in [0.25, 0.3) is 0 Å². The molecule has 0 unspecified atom stereocenters. The van der Waals surface area contributed by atoms with Crippen LogP contribution in [0.1, 0.15) is 0 Å². The second-order valence-electron chi connectivity index (χ2n) is 3.38. The summed E-state index contributed by atoms with van der Waals surface area (Å²) in [6.45, 7) is -0.799. The van der Waals surface area contributed by atoms with Crippen molar-refractivity contribution in [1.29, 1.82) is 0 Å². The predicted molar refractivity (Wildman–Crippen MR) is 59.2 cm³/mol. The predicted octanol–water partition coefficient (Wildman–Crippen LogP) is 0.638. The first-order valence-electron chi connectivity index (χ1n) is 4.63. The molecule has 2 N–H and O–H groups in total. The lowest BCUT2D eigenvalue weighted by molar-refractivity contribution is -0.137. The lowest BCUT2D eigenvalue weighted by Crippen LogP contribution is -2.36. The number of hydrogen-bond donors (Lipinski definition) is 2. The van der Waals surface area contributed by atoms with Crippen molar-refractivity contribution in [3.05, 3.63) is 29.8 Å². The lowest BCUT2D eigenvalue weighted by atomic mass is 10.3. The maximum atomic E-state index is 13.2. The van der Waals surface area contributed by atoms with Gasteiger partial charge < -0.3 is 5.11 Å². The highest BCUT2D eigenvalue weighted by Crippen LogP contribution is 2.17. The second kappa shape index (κ2) is 5.27. The molecule has 0 aliphatic rings. The Labute approximate surface area is 102 Å². The molecule has 0 aliphatic carbocycles. The molecule has 18 heavy (non-hydrogen) atoms. The number of carbonyl (C=O) groups is 1. The maximum absolute atomic E-state index is 13.2. The van der Waals surface area contributed by atoms with Crippen molar-refractivity contribution in [2.75, 3.05) is 18.3 Å². The van der Waals surface area contributed by atoms with Crippen LogP contribution in [-0.4, -0.2) is 37.4 Å². The Morgan fingerprint density at radius 3 is 2.61 bits per heavy atom. The molecule has 1 aromatic carbocycles. The minimum atomic E-state index is -4.25. The summed E-state index contributed by atoms with van der Waals surface area (Å²) in [6.07, 6.45) is 0. The van der Waals surface area contributed by atoms with E-state index in [0.29, 0.717) is 10.4 Å². The van der Waals surface area contributed by atoms with Gasteiger partial charge in [-0.05, 0) is 12.1 Å². The third-order valence-electron chi connectivity index (χ3n) is 1.94. The molecule has 0 fully saturated rings. The molecule has 0 amide bonds. The normalized spacial score (nSPS) is 11.6. The number of rotatable bonds is 5. The number of likely N-dealkylation sites (N-methyl/N-ethyl adjacent to an activating group) is 1. The number of halogens is 2. The largest absolute Gasteiger partial charge is 0.480 e. The third-order valence-corrected chi connectivity index (χ3v) is 3.36. The van der Waals surface area contributed by atoms with Crippen molar-refractivity contribution in [3.8, 4) is 0 Å². The third kappa shape index (κ3) is 3.64. The highest BCUT2D eigenvalue weighted by Gasteiger charge is 2.21. The maximum Gasteiger partial charge on any atom is 0.318 e. The smallest absolute Gasteiger partial charge is 0.318 e. The molecule has 9 heteroatoms. The van der Waals surface area contributed by atoms with E-state index in [-0.39, 0.29) is 0 Å². The van der Waals surface area contributed by atoms with Gasteiger partial charge in [-0.25, -0.2) is 8.78 Å². The second-order valence-corrected chi connectivity index (χ2v) is 5.16. The first-order chi connectivity index (χ1) is 8.22. The Balaban J connectivity index is 2.95. The number of aliphatic carboxylic acids is 1. The van der Waals surface area contributed by atoms with E-state index in [4.69, 9.17) is 5.11 Å². The fourth-order valence-corrected chi connectivity index (χ4v) is 1.94. The zero-order chi connectivity index (χ0) is 13.9. The number of benzene rings is 1. The van der Waals surface area contributed by atoms with Gasteiger partial charge in [-0.15, -0.1) is 0 Å². The molecular weight excluding hydrogens is 270 g/mol. The molecule has 0 saturated carbocycles. The highest BCUT2D eigenvalue weighted by atomic mass is 32.2. The summed E-state index contributed by atoms with van der Waals surface area (Å²) in [7, 11) is -3.26.